The van der Waals surface area contributed by atoms with Crippen LogP contribution in [0.25, 0.3) is 73.7 Å². The Bertz CT molecular complexity index is 2290. The highest BCUT2D eigenvalue weighted by Crippen LogP contribution is 2.44. The first-order valence-electron chi connectivity index (χ1n) is 13.2. The fraction of sp³-hybridized carbons (Fsp3) is 0. The van der Waals surface area contributed by atoms with E-state index >= 15 is 0 Å². The highest BCUT2D eigenvalue weighted by Gasteiger charge is 2.16. The van der Waals surface area contributed by atoms with Crippen molar-refractivity contribution in [1.29, 1.82) is 5.26 Å². The van der Waals surface area contributed by atoms with Gasteiger partial charge in [-0.15, -0.1) is 22.7 Å². The van der Waals surface area contributed by atoms with Crippen LogP contribution in [-0.2, 0) is 0 Å². The van der Waals surface area contributed by atoms with Gasteiger partial charge >= 0.3 is 0 Å². The molecule has 0 spiro atoms. The SMILES string of the molecule is N#Cc1cccc(-c2cc(-c3cccc4c3sc3ccccc34)cc(-c3cccc4sc5ccccc5c34)c2)c1. The molecule has 0 aliphatic carbocycles. The van der Waals surface area contributed by atoms with Crippen molar-refractivity contribution in [3.63, 3.8) is 0 Å². The minimum Gasteiger partial charge on any atom is -0.192 e. The summed E-state index contributed by atoms with van der Waals surface area (Å²) in [5.41, 5.74) is 7.67. The summed E-state index contributed by atoms with van der Waals surface area (Å²) < 4.78 is 5.20. The molecule has 40 heavy (non-hydrogen) atoms. The summed E-state index contributed by atoms with van der Waals surface area (Å²) in [6.07, 6.45) is 0. The first kappa shape index (κ1) is 23.2. The van der Waals surface area contributed by atoms with Crippen molar-refractivity contribution in [3.8, 4) is 39.4 Å². The van der Waals surface area contributed by atoms with Crippen LogP contribution in [0.3, 0.4) is 0 Å². The molecule has 0 saturated heterocycles. The summed E-state index contributed by atoms with van der Waals surface area (Å²) in [6.45, 7) is 0. The molecule has 0 aliphatic heterocycles. The van der Waals surface area contributed by atoms with Gasteiger partial charge in [-0.3, -0.25) is 0 Å². The molecule has 6 aromatic carbocycles. The van der Waals surface area contributed by atoms with Crippen molar-refractivity contribution < 1.29 is 0 Å². The monoisotopic (exact) mass is 543 g/mol. The third-order valence-corrected chi connectivity index (χ3v) is 10.0. The van der Waals surface area contributed by atoms with Gasteiger partial charge in [0.15, 0.2) is 0 Å². The normalized spacial score (nSPS) is 11.5. The van der Waals surface area contributed by atoms with E-state index in [4.69, 9.17) is 0 Å². The Morgan fingerprint density at radius 3 is 1.93 bits per heavy atom. The molecular formula is C37H21NS2. The molecule has 0 bridgehead atoms. The number of rotatable bonds is 3. The minimum atomic E-state index is 0.669. The van der Waals surface area contributed by atoms with Gasteiger partial charge in [0, 0.05) is 40.3 Å². The van der Waals surface area contributed by atoms with Crippen LogP contribution >= 0.6 is 22.7 Å². The standard InChI is InChI=1S/C37H21NS2/c38-22-23-8-5-9-24(18-23)25-19-26(28-12-7-17-35-36(28)32-11-2-4-16-34(32)39-35)21-27(20-25)29-13-6-14-31-30-10-1-3-15-33(30)40-37(29)31/h1-21H. The Labute approximate surface area is 239 Å². The molecule has 0 aliphatic rings. The van der Waals surface area contributed by atoms with Crippen molar-refractivity contribution in [2.45, 2.75) is 0 Å². The number of fused-ring (bicyclic) bond motifs is 6. The van der Waals surface area contributed by atoms with Crippen LogP contribution in [0.1, 0.15) is 5.56 Å². The van der Waals surface area contributed by atoms with Gasteiger partial charge in [-0.25, -0.2) is 0 Å². The van der Waals surface area contributed by atoms with E-state index in [1.807, 2.05) is 40.9 Å². The maximum atomic E-state index is 9.61. The van der Waals surface area contributed by atoms with E-state index in [2.05, 4.69) is 115 Å². The Balaban J connectivity index is 1.44. The van der Waals surface area contributed by atoms with E-state index in [1.54, 1.807) is 0 Å². The van der Waals surface area contributed by atoms with Crippen LogP contribution in [0, 0.1) is 11.3 Å². The van der Waals surface area contributed by atoms with E-state index < -0.39 is 0 Å². The van der Waals surface area contributed by atoms with Gasteiger partial charge < -0.3 is 0 Å². The highest BCUT2D eigenvalue weighted by atomic mass is 32.1. The maximum Gasteiger partial charge on any atom is 0.0991 e. The molecule has 2 heterocycles. The smallest absolute Gasteiger partial charge is 0.0991 e. The average molecular weight is 544 g/mol. The minimum absolute atomic E-state index is 0.669. The fourth-order valence-corrected chi connectivity index (χ4v) is 8.23. The van der Waals surface area contributed by atoms with E-state index in [-0.39, 0.29) is 0 Å². The lowest BCUT2D eigenvalue weighted by molar-refractivity contribution is 1.48. The Kier molecular flexibility index (Phi) is 5.31. The molecule has 8 aromatic rings. The number of nitrogens with zero attached hydrogens (tertiary/aromatic N) is 1. The lowest BCUT2D eigenvalue weighted by Gasteiger charge is -2.13. The maximum absolute atomic E-state index is 9.61. The van der Waals surface area contributed by atoms with Crippen molar-refractivity contribution >= 4 is 63.0 Å². The first-order chi connectivity index (χ1) is 19.8. The molecule has 8 rings (SSSR count). The van der Waals surface area contributed by atoms with Crippen LogP contribution in [0.5, 0.6) is 0 Å². The van der Waals surface area contributed by atoms with Crippen LogP contribution in [-0.4, -0.2) is 0 Å². The predicted molar refractivity (Wildman–Crippen MR) is 173 cm³/mol. The lowest BCUT2D eigenvalue weighted by Crippen LogP contribution is -1.88. The van der Waals surface area contributed by atoms with Crippen LogP contribution in [0.4, 0.5) is 0 Å². The largest absolute Gasteiger partial charge is 0.192 e. The number of thiophene rings is 2. The predicted octanol–water partition coefficient (Wildman–Crippen LogP) is 11.3. The Hall–Kier alpha value is -4.75. The summed E-state index contributed by atoms with van der Waals surface area (Å²) >= 11 is 3.70. The van der Waals surface area contributed by atoms with Gasteiger partial charge in [-0.2, -0.15) is 5.26 Å². The molecule has 0 amide bonds. The molecule has 3 heteroatoms. The lowest BCUT2D eigenvalue weighted by atomic mass is 9.91. The third-order valence-electron chi connectivity index (χ3n) is 7.69. The summed E-state index contributed by atoms with van der Waals surface area (Å²) in [5, 5.41) is 14.8. The summed E-state index contributed by atoms with van der Waals surface area (Å²) in [7, 11) is 0. The average Bonchev–Trinajstić information content (AvgIpc) is 3.59. The van der Waals surface area contributed by atoms with Crippen LogP contribution < -0.4 is 0 Å². The fourth-order valence-electron chi connectivity index (χ4n) is 5.86. The van der Waals surface area contributed by atoms with Gasteiger partial charge in [0.2, 0.25) is 0 Å². The number of benzene rings is 6. The van der Waals surface area contributed by atoms with Crippen LogP contribution in [0.2, 0.25) is 0 Å². The van der Waals surface area contributed by atoms with Crippen molar-refractivity contribution in [2.24, 2.45) is 0 Å². The van der Waals surface area contributed by atoms with Gasteiger partial charge in [0.05, 0.1) is 11.6 Å². The highest BCUT2D eigenvalue weighted by molar-refractivity contribution is 7.26. The summed E-state index contributed by atoms with van der Waals surface area (Å²) in [5.74, 6) is 0. The molecule has 0 N–H and O–H groups in total. The summed E-state index contributed by atoms with van der Waals surface area (Å²) in [6, 6.07) is 47.8. The van der Waals surface area contributed by atoms with Crippen molar-refractivity contribution in [2.75, 3.05) is 0 Å². The number of nitriles is 1. The zero-order valence-electron chi connectivity index (χ0n) is 21.4. The molecule has 0 saturated carbocycles. The molecule has 1 nitrogen and oxygen atoms in total. The Morgan fingerprint density at radius 2 is 1.07 bits per heavy atom. The topological polar surface area (TPSA) is 23.8 Å². The van der Waals surface area contributed by atoms with E-state index in [0.717, 1.165) is 11.1 Å². The second kappa shape index (κ2) is 9.17. The van der Waals surface area contributed by atoms with Gasteiger partial charge in [-0.1, -0.05) is 78.9 Å². The molecule has 2 aromatic heterocycles. The first-order valence-corrected chi connectivity index (χ1v) is 14.9. The van der Waals surface area contributed by atoms with Gasteiger partial charge in [0.25, 0.3) is 0 Å². The summed E-state index contributed by atoms with van der Waals surface area (Å²) in [4.78, 5) is 0. The van der Waals surface area contributed by atoms with Crippen molar-refractivity contribution in [3.05, 3.63) is 133 Å². The van der Waals surface area contributed by atoms with Crippen LogP contribution in [0.15, 0.2) is 127 Å². The van der Waals surface area contributed by atoms with Gasteiger partial charge in [0.1, 0.15) is 0 Å². The Morgan fingerprint density at radius 1 is 0.450 bits per heavy atom. The zero-order chi connectivity index (χ0) is 26.6. The molecule has 186 valence electrons. The van der Waals surface area contributed by atoms with Crippen molar-refractivity contribution in [1.82, 2.24) is 0 Å². The molecule has 0 unspecified atom stereocenters. The number of hydrogen-bond donors (Lipinski definition) is 0. The molecule has 0 radical (unpaired) electrons. The quantitative estimate of drug-likeness (QED) is 0.217. The van der Waals surface area contributed by atoms with E-state index in [1.165, 1.54) is 62.6 Å². The molecule has 0 fully saturated rings. The molecule has 0 atom stereocenters. The van der Waals surface area contributed by atoms with E-state index in [0.29, 0.717) is 5.56 Å². The zero-order valence-corrected chi connectivity index (χ0v) is 23.0. The number of hydrogen-bond acceptors (Lipinski definition) is 3. The third kappa shape index (κ3) is 3.66. The second-order valence-corrected chi connectivity index (χ2v) is 12.2. The molecular weight excluding hydrogens is 523 g/mol. The van der Waals surface area contributed by atoms with Gasteiger partial charge in [-0.05, 0) is 81.9 Å². The second-order valence-electron chi connectivity index (χ2n) is 10.0. The van der Waals surface area contributed by atoms with E-state index in [9.17, 15) is 5.26 Å².